The van der Waals surface area contributed by atoms with Crippen LogP contribution in [0.25, 0.3) is 44.4 Å². The van der Waals surface area contributed by atoms with Crippen LogP contribution in [0.4, 0.5) is 0 Å². The Kier molecular flexibility index (Phi) is 8.49. The van der Waals surface area contributed by atoms with Gasteiger partial charge in [0.15, 0.2) is 0 Å². The summed E-state index contributed by atoms with van der Waals surface area (Å²) in [6, 6.07) is 31.6. The molecule has 6 nitrogen and oxygen atoms in total. The van der Waals surface area contributed by atoms with Crippen molar-refractivity contribution in [2.75, 3.05) is 7.11 Å². The lowest BCUT2D eigenvalue weighted by Gasteiger charge is -2.17. The van der Waals surface area contributed by atoms with Crippen LogP contribution in [0.1, 0.15) is 55.8 Å². The first-order valence-electron chi connectivity index (χ1n) is 17.0. The minimum absolute atomic E-state index is 0.758. The van der Waals surface area contributed by atoms with E-state index in [4.69, 9.17) is 19.6 Å². The van der Waals surface area contributed by atoms with Crippen molar-refractivity contribution < 1.29 is 9.47 Å². The fraction of sp³-hybridized carbons (Fsp3) is 0.238. The van der Waals surface area contributed by atoms with Crippen LogP contribution in [-0.2, 0) is 25.7 Å². The Morgan fingerprint density at radius 1 is 0.646 bits per heavy atom. The van der Waals surface area contributed by atoms with E-state index in [2.05, 4.69) is 117 Å². The Morgan fingerprint density at radius 2 is 1.40 bits per heavy atom. The molecule has 0 saturated carbocycles. The topological polar surface area (TPSA) is 54.1 Å². The third-order valence-corrected chi connectivity index (χ3v) is 9.32. The molecule has 3 aromatic heterocycles. The number of benzene rings is 4. The van der Waals surface area contributed by atoms with Gasteiger partial charge in [-0.15, -0.1) is 0 Å². The van der Waals surface area contributed by atoms with Crippen molar-refractivity contribution >= 4 is 21.8 Å². The Morgan fingerprint density at radius 3 is 2.10 bits per heavy atom. The maximum absolute atomic E-state index is 6.59. The lowest BCUT2D eigenvalue weighted by molar-refractivity contribution is 0.414. The van der Waals surface area contributed by atoms with E-state index in [0.717, 1.165) is 76.6 Å². The number of nitrogens with zero attached hydrogens (tertiary/aromatic N) is 4. The molecule has 0 radical (unpaired) electrons. The maximum atomic E-state index is 6.59. The fourth-order valence-electron chi connectivity index (χ4n) is 7.03. The normalized spacial score (nSPS) is 11.5. The summed E-state index contributed by atoms with van der Waals surface area (Å²) in [5, 5.41) is 7.57. The van der Waals surface area contributed by atoms with Crippen LogP contribution in [0.2, 0.25) is 0 Å². The minimum atomic E-state index is 0.758. The molecule has 0 unspecified atom stereocenters. The highest BCUT2D eigenvalue weighted by Gasteiger charge is 2.23. The minimum Gasteiger partial charge on any atom is -0.497 e. The van der Waals surface area contributed by atoms with Gasteiger partial charge in [0.25, 0.3) is 0 Å². The number of aromatic nitrogens is 4. The van der Waals surface area contributed by atoms with Gasteiger partial charge in [-0.25, -0.2) is 9.67 Å². The molecule has 4 aromatic carbocycles. The average Bonchev–Trinajstić information content (AvgIpc) is 3.66. The lowest BCUT2D eigenvalue weighted by Crippen LogP contribution is -2.03. The molecule has 7 aromatic rings. The molecule has 7 rings (SSSR count). The van der Waals surface area contributed by atoms with Crippen LogP contribution < -0.4 is 9.47 Å². The van der Waals surface area contributed by atoms with Crippen molar-refractivity contribution in [1.82, 2.24) is 19.3 Å². The number of methoxy groups -OCH3 is 1. The number of fused-ring (bicyclic) bond motifs is 3. The van der Waals surface area contributed by atoms with Gasteiger partial charge in [0.1, 0.15) is 23.1 Å². The second-order valence-electron chi connectivity index (χ2n) is 12.2. The van der Waals surface area contributed by atoms with Crippen LogP contribution in [-0.4, -0.2) is 26.4 Å². The number of hydrogen-bond acceptors (Lipinski definition) is 4. The molecule has 0 saturated heterocycles. The zero-order chi connectivity index (χ0) is 33.4. The van der Waals surface area contributed by atoms with Gasteiger partial charge < -0.3 is 9.47 Å². The molecule has 0 fully saturated rings. The molecule has 0 aliphatic rings. The summed E-state index contributed by atoms with van der Waals surface area (Å²) in [7, 11) is 1.75. The Labute approximate surface area is 282 Å². The summed E-state index contributed by atoms with van der Waals surface area (Å²) >= 11 is 0. The molecule has 0 spiro atoms. The van der Waals surface area contributed by atoms with Crippen molar-refractivity contribution in [1.29, 1.82) is 0 Å². The molecule has 0 aliphatic carbocycles. The van der Waals surface area contributed by atoms with Crippen LogP contribution >= 0.6 is 0 Å². The van der Waals surface area contributed by atoms with E-state index in [1.807, 2.05) is 24.4 Å². The van der Waals surface area contributed by atoms with E-state index < -0.39 is 0 Å². The van der Waals surface area contributed by atoms with Crippen molar-refractivity contribution in [3.8, 4) is 39.9 Å². The molecule has 242 valence electrons. The van der Waals surface area contributed by atoms with E-state index in [0.29, 0.717) is 0 Å². The number of pyridine rings is 1. The molecular formula is C42H42N4O2. The summed E-state index contributed by atoms with van der Waals surface area (Å²) in [6.45, 7) is 10.9. The molecule has 0 amide bonds. The standard InChI is InChI=1S/C42H42N4O2/c1-7-28-23-33(47-6)24-29(8-2)41(28)42-36(9-3)44-46(37(42)10-4)30-14-13-15-31(25-30)48-32-18-19-35-34-16-11-12-17-38(34)45(39(35)26-32)40-22-27(5)20-21-43-40/h11-26H,7-10H2,1-6H3. The van der Waals surface area contributed by atoms with Gasteiger partial charge in [0, 0.05) is 34.7 Å². The molecule has 0 atom stereocenters. The monoisotopic (exact) mass is 634 g/mol. The maximum Gasteiger partial charge on any atom is 0.137 e. The first-order valence-corrected chi connectivity index (χ1v) is 17.0. The Bertz CT molecular complexity index is 2250. The van der Waals surface area contributed by atoms with Crippen LogP contribution in [0.5, 0.6) is 17.2 Å². The smallest absolute Gasteiger partial charge is 0.137 e. The van der Waals surface area contributed by atoms with Crippen LogP contribution in [0, 0.1) is 6.92 Å². The quantitative estimate of drug-likeness (QED) is 0.150. The molecule has 48 heavy (non-hydrogen) atoms. The van der Waals surface area contributed by atoms with E-state index in [-0.39, 0.29) is 0 Å². The largest absolute Gasteiger partial charge is 0.497 e. The zero-order valence-corrected chi connectivity index (χ0v) is 28.7. The lowest BCUT2D eigenvalue weighted by atomic mass is 9.89. The van der Waals surface area contributed by atoms with Gasteiger partial charge in [-0.1, -0.05) is 52.0 Å². The van der Waals surface area contributed by atoms with Gasteiger partial charge >= 0.3 is 0 Å². The Hall–Kier alpha value is -5.36. The van der Waals surface area contributed by atoms with E-state index in [9.17, 15) is 0 Å². The molecule has 6 heteroatoms. The first kappa shape index (κ1) is 31.3. The summed E-state index contributed by atoms with van der Waals surface area (Å²) in [5.41, 5.74) is 11.8. The number of aryl methyl sites for hydroxylation is 4. The fourth-order valence-corrected chi connectivity index (χ4v) is 7.03. The van der Waals surface area contributed by atoms with Crippen molar-refractivity contribution in [2.45, 2.75) is 60.3 Å². The van der Waals surface area contributed by atoms with Gasteiger partial charge in [-0.05, 0) is 109 Å². The summed E-state index contributed by atoms with van der Waals surface area (Å²) in [6.07, 6.45) is 5.40. The molecular weight excluding hydrogens is 592 g/mol. The SMILES string of the molecule is CCc1cc(OC)cc(CC)c1-c1c(CC)nn(-c2cccc(Oc3ccc4c5ccccc5n(-c5cc(C)ccn5)c4c3)c2)c1CC. The van der Waals surface area contributed by atoms with Gasteiger partial charge in [-0.2, -0.15) is 5.10 Å². The van der Waals surface area contributed by atoms with Crippen LogP contribution in [0.3, 0.4) is 0 Å². The predicted octanol–water partition coefficient (Wildman–Crippen LogP) is 10.4. The zero-order valence-electron chi connectivity index (χ0n) is 28.7. The van der Waals surface area contributed by atoms with E-state index >= 15 is 0 Å². The third kappa shape index (κ3) is 5.41. The Balaban J connectivity index is 1.31. The van der Waals surface area contributed by atoms with E-state index in [1.165, 1.54) is 38.9 Å². The third-order valence-electron chi connectivity index (χ3n) is 9.32. The van der Waals surface area contributed by atoms with Crippen molar-refractivity contribution in [3.63, 3.8) is 0 Å². The first-order chi connectivity index (χ1) is 23.5. The van der Waals surface area contributed by atoms with Gasteiger partial charge in [0.2, 0.25) is 0 Å². The highest BCUT2D eigenvalue weighted by Crippen LogP contribution is 2.39. The van der Waals surface area contributed by atoms with Gasteiger partial charge in [0.05, 0.1) is 35.2 Å². The second kappa shape index (κ2) is 13.0. The number of hydrogen-bond donors (Lipinski definition) is 0. The summed E-state index contributed by atoms with van der Waals surface area (Å²) < 4.78 is 16.6. The average molecular weight is 635 g/mol. The summed E-state index contributed by atoms with van der Waals surface area (Å²) in [5.74, 6) is 3.33. The van der Waals surface area contributed by atoms with Crippen molar-refractivity contribution in [3.05, 3.63) is 125 Å². The highest BCUT2D eigenvalue weighted by molar-refractivity contribution is 6.09. The van der Waals surface area contributed by atoms with Crippen LogP contribution in [0.15, 0.2) is 97.2 Å². The predicted molar refractivity (Wildman–Crippen MR) is 196 cm³/mol. The number of ether oxygens (including phenoxy) is 2. The number of rotatable bonds is 10. The molecule has 0 bridgehead atoms. The molecule has 3 heterocycles. The van der Waals surface area contributed by atoms with Gasteiger partial charge in [-0.3, -0.25) is 4.57 Å². The molecule has 0 N–H and O–H groups in total. The summed E-state index contributed by atoms with van der Waals surface area (Å²) in [4.78, 5) is 4.73. The molecule has 0 aliphatic heterocycles. The second-order valence-corrected chi connectivity index (χ2v) is 12.2. The number of para-hydroxylation sites is 1. The van der Waals surface area contributed by atoms with E-state index in [1.54, 1.807) is 7.11 Å². The van der Waals surface area contributed by atoms with Crippen molar-refractivity contribution in [2.24, 2.45) is 0 Å². The highest BCUT2D eigenvalue weighted by atomic mass is 16.5.